The van der Waals surface area contributed by atoms with Crippen LogP contribution in [0.4, 0.5) is 0 Å². The van der Waals surface area contributed by atoms with Gasteiger partial charge in [-0.15, -0.1) is 0 Å². The van der Waals surface area contributed by atoms with Crippen molar-refractivity contribution in [2.45, 2.75) is 25.8 Å². The Balaban J connectivity index is 2.15. The number of hydrogen-bond donors (Lipinski definition) is 1. The van der Waals surface area contributed by atoms with Gasteiger partial charge in [0.15, 0.2) is 5.78 Å². The number of carbonyl (C=O) groups is 2. The van der Waals surface area contributed by atoms with Crippen LogP contribution in [0.15, 0.2) is 24.3 Å². The van der Waals surface area contributed by atoms with Gasteiger partial charge in [0.2, 0.25) is 0 Å². The largest absolute Gasteiger partial charge is 0.339 e. The van der Waals surface area contributed by atoms with Crippen molar-refractivity contribution in [3.05, 3.63) is 35.4 Å². The fourth-order valence-electron chi connectivity index (χ4n) is 2.52. The third kappa shape index (κ3) is 3.01. The summed E-state index contributed by atoms with van der Waals surface area (Å²) in [5, 5.41) is 3.24. The lowest BCUT2D eigenvalue weighted by molar-refractivity contribution is 0.0703. The highest BCUT2D eigenvalue weighted by Crippen LogP contribution is 2.17. The molecule has 1 aliphatic rings. The molecule has 1 amide bonds. The van der Waals surface area contributed by atoms with Crippen LogP contribution in [0.1, 0.15) is 40.5 Å². The van der Waals surface area contributed by atoms with E-state index in [0.717, 1.165) is 25.9 Å². The Labute approximate surface area is 113 Å². The molecule has 1 heterocycles. The predicted octanol–water partition coefficient (Wildman–Crippen LogP) is 1.71. The van der Waals surface area contributed by atoms with E-state index in [4.69, 9.17) is 0 Å². The van der Waals surface area contributed by atoms with E-state index in [0.29, 0.717) is 17.2 Å². The van der Waals surface area contributed by atoms with Crippen LogP contribution in [-0.4, -0.2) is 42.8 Å². The predicted molar refractivity (Wildman–Crippen MR) is 74.4 cm³/mol. The summed E-state index contributed by atoms with van der Waals surface area (Å²) < 4.78 is 0. The summed E-state index contributed by atoms with van der Waals surface area (Å²) in [7, 11) is 1.95. The fraction of sp³-hybridized carbons (Fsp3) is 0.467. The van der Waals surface area contributed by atoms with Crippen molar-refractivity contribution in [3.63, 3.8) is 0 Å². The van der Waals surface area contributed by atoms with Crippen LogP contribution >= 0.6 is 0 Å². The Morgan fingerprint density at radius 3 is 2.26 bits per heavy atom. The van der Waals surface area contributed by atoms with E-state index in [1.165, 1.54) is 6.92 Å². The third-order valence-corrected chi connectivity index (χ3v) is 3.73. The van der Waals surface area contributed by atoms with Crippen molar-refractivity contribution in [3.8, 4) is 0 Å². The first-order chi connectivity index (χ1) is 9.13. The van der Waals surface area contributed by atoms with Gasteiger partial charge >= 0.3 is 0 Å². The maximum absolute atomic E-state index is 12.5. The van der Waals surface area contributed by atoms with Crippen LogP contribution in [0.5, 0.6) is 0 Å². The zero-order valence-electron chi connectivity index (χ0n) is 11.5. The molecule has 0 spiro atoms. The van der Waals surface area contributed by atoms with Gasteiger partial charge in [-0.2, -0.15) is 0 Å². The van der Waals surface area contributed by atoms with Gasteiger partial charge in [-0.1, -0.05) is 18.2 Å². The van der Waals surface area contributed by atoms with Gasteiger partial charge < -0.3 is 10.2 Å². The summed E-state index contributed by atoms with van der Waals surface area (Å²) in [5.74, 6) is -0.0885. The van der Waals surface area contributed by atoms with E-state index >= 15 is 0 Å². The number of ketones is 1. The van der Waals surface area contributed by atoms with Crippen LogP contribution in [-0.2, 0) is 0 Å². The molecule has 0 bridgehead atoms. The smallest absolute Gasteiger partial charge is 0.254 e. The summed E-state index contributed by atoms with van der Waals surface area (Å²) in [6, 6.07) is 7.55. The van der Waals surface area contributed by atoms with Gasteiger partial charge in [-0.3, -0.25) is 9.59 Å². The monoisotopic (exact) mass is 260 g/mol. The van der Waals surface area contributed by atoms with Gasteiger partial charge in [0, 0.05) is 24.7 Å². The van der Waals surface area contributed by atoms with Gasteiger partial charge in [0.1, 0.15) is 0 Å². The molecule has 0 radical (unpaired) electrons. The normalized spacial score (nSPS) is 16.4. The lowest BCUT2D eigenvalue weighted by Crippen LogP contribution is -2.44. The van der Waals surface area contributed by atoms with Crippen molar-refractivity contribution in [1.82, 2.24) is 10.2 Å². The second-order valence-corrected chi connectivity index (χ2v) is 4.96. The standard InChI is InChI=1S/C15H20N2O2/c1-11(18)13-5-3-4-6-14(13)15(19)17-9-7-12(16-2)8-10-17/h3-6,12,16H,7-10H2,1-2H3. The number of amides is 1. The molecule has 4 nitrogen and oxygen atoms in total. The zero-order valence-corrected chi connectivity index (χ0v) is 11.5. The quantitative estimate of drug-likeness (QED) is 0.842. The van der Waals surface area contributed by atoms with Crippen LogP contribution in [0, 0.1) is 0 Å². The van der Waals surface area contributed by atoms with Crippen molar-refractivity contribution in [1.29, 1.82) is 0 Å². The first kappa shape index (κ1) is 13.7. The molecule has 1 aromatic rings. The summed E-state index contributed by atoms with van der Waals surface area (Å²) in [5.41, 5.74) is 1.04. The van der Waals surface area contributed by atoms with E-state index in [2.05, 4.69) is 5.32 Å². The summed E-state index contributed by atoms with van der Waals surface area (Å²) in [6.45, 7) is 2.99. The maximum Gasteiger partial charge on any atom is 0.254 e. The lowest BCUT2D eigenvalue weighted by atomic mass is 10.0. The van der Waals surface area contributed by atoms with Gasteiger partial charge in [0.25, 0.3) is 5.91 Å². The van der Waals surface area contributed by atoms with Gasteiger partial charge in [0.05, 0.1) is 5.56 Å². The molecular weight excluding hydrogens is 240 g/mol. The third-order valence-electron chi connectivity index (χ3n) is 3.73. The average molecular weight is 260 g/mol. The fourth-order valence-corrected chi connectivity index (χ4v) is 2.52. The Morgan fingerprint density at radius 1 is 1.16 bits per heavy atom. The molecule has 2 rings (SSSR count). The van der Waals surface area contributed by atoms with Crippen LogP contribution in [0.25, 0.3) is 0 Å². The second-order valence-electron chi connectivity index (χ2n) is 4.96. The van der Waals surface area contributed by atoms with E-state index in [1.54, 1.807) is 24.3 Å². The topological polar surface area (TPSA) is 49.4 Å². The second kappa shape index (κ2) is 5.97. The highest BCUT2D eigenvalue weighted by molar-refractivity contribution is 6.07. The van der Waals surface area contributed by atoms with Crippen LogP contribution in [0.2, 0.25) is 0 Å². The molecule has 0 saturated carbocycles. The lowest BCUT2D eigenvalue weighted by Gasteiger charge is -2.32. The van der Waals surface area contributed by atoms with Gasteiger partial charge in [-0.05, 0) is 32.9 Å². The minimum atomic E-state index is -0.0611. The number of Topliss-reactive ketones (excluding diaryl/α,β-unsaturated/α-hetero) is 1. The molecule has 0 aliphatic carbocycles. The number of carbonyl (C=O) groups excluding carboxylic acids is 2. The zero-order chi connectivity index (χ0) is 13.8. The Morgan fingerprint density at radius 2 is 1.74 bits per heavy atom. The molecule has 1 N–H and O–H groups in total. The summed E-state index contributed by atoms with van der Waals surface area (Å²) in [6.07, 6.45) is 1.93. The Hall–Kier alpha value is -1.68. The minimum Gasteiger partial charge on any atom is -0.339 e. The first-order valence-corrected chi connectivity index (χ1v) is 6.70. The molecule has 102 valence electrons. The van der Waals surface area contributed by atoms with E-state index < -0.39 is 0 Å². The van der Waals surface area contributed by atoms with Crippen molar-refractivity contribution in [2.75, 3.05) is 20.1 Å². The van der Waals surface area contributed by atoms with Crippen LogP contribution < -0.4 is 5.32 Å². The minimum absolute atomic E-state index is 0.0275. The molecule has 0 atom stereocenters. The molecule has 1 saturated heterocycles. The average Bonchev–Trinajstić information content (AvgIpc) is 2.46. The number of nitrogens with one attached hydrogen (secondary N) is 1. The molecule has 0 unspecified atom stereocenters. The number of nitrogens with zero attached hydrogens (tertiary/aromatic N) is 1. The molecule has 1 aromatic carbocycles. The van der Waals surface area contributed by atoms with E-state index in [-0.39, 0.29) is 11.7 Å². The van der Waals surface area contributed by atoms with Crippen LogP contribution in [0.3, 0.4) is 0 Å². The molecular formula is C15H20N2O2. The number of hydrogen-bond acceptors (Lipinski definition) is 3. The molecule has 4 heteroatoms. The Bertz CT molecular complexity index is 477. The molecule has 1 fully saturated rings. The highest BCUT2D eigenvalue weighted by atomic mass is 16.2. The van der Waals surface area contributed by atoms with E-state index in [9.17, 15) is 9.59 Å². The maximum atomic E-state index is 12.5. The molecule has 19 heavy (non-hydrogen) atoms. The van der Waals surface area contributed by atoms with Crippen molar-refractivity contribution in [2.24, 2.45) is 0 Å². The Kier molecular flexibility index (Phi) is 4.32. The highest BCUT2D eigenvalue weighted by Gasteiger charge is 2.24. The first-order valence-electron chi connectivity index (χ1n) is 6.70. The number of piperidine rings is 1. The summed E-state index contributed by atoms with van der Waals surface area (Å²) >= 11 is 0. The van der Waals surface area contributed by atoms with Crippen molar-refractivity contribution >= 4 is 11.7 Å². The molecule has 0 aromatic heterocycles. The number of likely N-dealkylation sites (tertiary alicyclic amines) is 1. The van der Waals surface area contributed by atoms with Gasteiger partial charge in [-0.25, -0.2) is 0 Å². The van der Waals surface area contributed by atoms with E-state index in [1.807, 2.05) is 11.9 Å². The van der Waals surface area contributed by atoms with Crippen molar-refractivity contribution < 1.29 is 9.59 Å². The molecule has 1 aliphatic heterocycles. The SMILES string of the molecule is CNC1CCN(C(=O)c2ccccc2C(C)=O)CC1. The number of rotatable bonds is 3. The number of benzene rings is 1. The summed E-state index contributed by atoms with van der Waals surface area (Å²) in [4.78, 5) is 25.9.